The summed E-state index contributed by atoms with van der Waals surface area (Å²) < 4.78 is 7.89. The van der Waals surface area contributed by atoms with Crippen LogP contribution in [0.4, 0.5) is 5.69 Å². The van der Waals surface area contributed by atoms with Gasteiger partial charge in [0, 0.05) is 18.8 Å². The van der Waals surface area contributed by atoms with Crippen molar-refractivity contribution < 1.29 is 4.74 Å². The fourth-order valence-corrected chi connectivity index (χ4v) is 7.54. The van der Waals surface area contributed by atoms with Crippen molar-refractivity contribution in [3.63, 3.8) is 0 Å². The second-order valence-electron chi connectivity index (χ2n) is 12.7. The van der Waals surface area contributed by atoms with Gasteiger partial charge in [-0.25, -0.2) is 5.10 Å². The van der Waals surface area contributed by atoms with Gasteiger partial charge in [-0.3, -0.25) is 4.90 Å². The van der Waals surface area contributed by atoms with Gasteiger partial charge in [-0.1, -0.05) is 87.0 Å². The van der Waals surface area contributed by atoms with E-state index >= 15 is 0 Å². The quantitative estimate of drug-likeness (QED) is 0.201. The van der Waals surface area contributed by atoms with Gasteiger partial charge in [0.1, 0.15) is 11.5 Å². The maximum atomic E-state index is 6.19. The lowest BCUT2D eigenvalue weighted by molar-refractivity contribution is 0.113. The monoisotopic (exact) mass is 577 g/mol. The Hall–Kier alpha value is -3.51. The highest BCUT2D eigenvalue weighted by atomic mass is 16.5. The van der Waals surface area contributed by atoms with Gasteiger partial charge in [0.15, 0.2) is 0 Å². The van der Waals surface area contributed by atoms with E-state index in [1.165, 1.54) is 81.8 Å². The van der Waals surface area contributed by atoms with Crippen LogP contribution >= 0.6 is 0 Å². The molecule has 2 fully saturated rings. The molecule has 0 bridgehead atoms. The fourth-order valence-electron chi connectivity index (χ4n) is 7.54. The molecule has 0 saturated heterocycles. The molecule has 1 aliphatic heterocycles. The zero-order valence-corrected chi connectivity index (χ0v) is 25.7. The lowest BCUT2D eigenvalue weighted by Gasteiger charge is -2.51. The Morgan fingerprint density at radius 1 is 0.977 bits per heavy atom. The van der Waals surface area contributed by atoms with E-state index in [4.69, 9.17) is 10.1 Å². The minimum atomic E-state index is 0.453. The first-order valence-electron chi connectivity index (χ1n) is 16.5. The second kappa shape index (κ2) is 14.3. The van der Waals surface area contributed by atoms with Crippen LogP contribution in [-0.4, -0.2) is 38.2 Å². The molecule has 6 heteroatoms. The number of nitrogens with zero attached hydrogens (tertiary/aromatic N) is 5. The van der Waals surface area contributed by atoms with Crippen LogP contribution in [0.5, 0.6) is 11.5 Å². The molecule has 43 heavy (non-hydrogen) atoms. The largest absolute Gasteiger partial charge is 0.461 e. The number of fused-ring (bicyclic) bond motifs is 1. The molecule has 0 N–H and O–H groups in total. The number of hydrogen-bond acceptors (Lipinski definition) is 4. The molecule has 0 radical (unpaired) electrons. The van der Waals surface area contributed by atoms with Crippen LogP contribution in [0, 0.1) is 12.1 Å². The van der Waals surface area contributed by atoms with E-state index in [-0.39, 0.29) is 0 Å². The molecule has 6 rings (SSSR count). The number of hydrogen-bond donors (Lipinski definition) is 0. The number of benzene rings is 2. The highest BCUT2D eigenvalue weighted by molar-refractivity contribution is 5.64. The molecule has 1 unspecified atom stereocenters. The molecule has 3 aliphatic rings. The average molecular weight is 578 g/mol. The van der Waals surface area contributed by atoms with Crippen LogP contribution in [0.15, 0.2) is 79.9 Å². The van der Waals surface area contributed by atoms with Gasteiger partial charge < -0.3 is 19.6 Å². The summed E-state index contributed by atoms with van der Waals surface area (Å²) >= 11 is 0. The molecule has 0 spiro atoms. The van der Waals surface area contributed by atoms with Crippen LogP contribution in [0.25, 0.3) is 5.32 Å². The molecule has 2 aliphatic carbocycles. The SMILES string of the molecule is C=[C-]n1cc(CN(CCCC(C2CCCCC2)N2Cc3cc(Oc4ccccc4)ccc3[N-]C2=C)C2CCCCC2)cn1. The molecular weight excluding hydrogens is 530 g/mol. The lowest BCUT2D eigenvalue weighted by atomic mass is 9.81. The van der Waals surface area contributed by atoms with Gasteiger partial charge in [-0.2, -0.15) is 12.8 Å². The zero-order chi connectivity index (χ0) is 29.4. The van der Waals surface area contributed by atoms with Crippen molar-refractivity contribution in [2.75, 3.05) is 6.54 Å². The molecule has 3 aromatic rings. The second-order valence-corrected chi connectivity index (χ2v) is 12.7. The molecule has 228 valence electrons. The van der Waals surface area contributed by atoms with E-state index in [1.54, 1.807) is 4.68 Å². The van der Waals surface area contributed by atoms with Gasteiger partial charge in [0.2, 0.25) is 0 Å². The van der Waals surface area contributed by atoms with Crippen molar-refractivity contribution in [1.82, 2.24) is 19.6 Å². The maximum Gasteiger partial charge on any atom is 0.127 e. The van der Waals surface area contributed by atoms with Crippen molar-refractivity contribution >= 4 is 5.69 Å². The third-order valence-electron chi connectivity index (χ3n) is 9.77. The maximum absolute atomic E-state index is 6.19. The van der Waals surface area contributed by atoms with Gasteiger partial charge >= 0.3 is 0 Å². The highest BCUT2D eigenvalue weighted by Crippen LogP contribution is 2.43. The van der Waals surface area contributed by atoms with Gasteiger partial charge in [-0.05, 0) is 86.2 Å². The molecular formula is C37H47N5O-2. The smallest absolute Gasteiger partial charge is 0.127 e. The Kier molecular flexibility index (Phi) is 9.83. The third kappa shape index (κ3) is 7.53. The summed E-state index contributed by atoms with van der Waals surface area (Å²) in [7, 11) is 0. The van der Waals surface area contributed by atoms with E-state index in [9.17, 15) is 0 Å². The van der Waals surface area contributed by atoms with Crippen LogP contribution in [0.1, 0.15) is 88.2 Å². The summed E-state index contributed by atoms with van der Waals surface area (Å²) in [5, 5.41) is 9.42. The van der Waals surface area contributed by atoms with Crippen molar-refractivity contribution in [3.05, 3.63) is 103 Å². The predicted molar refractivity (Wildman–Crippen MR) is 174 cm³/mol. The molecule has 2 aromatic carbocycles. The summed E-state index contributed by atoms with van der Waals surface area (Å²) in [6.45, 7) is 11.1. The van der Waals surface area contributed by atoms with E-state index in [0.717, 1.165) is 49.1 Å². The van der Waals surface area contributed by atoms with Crippen molar-refractivity contribution in [2.45, 2.75) is 102 Å². The van der Waals surface area contributed by atoms with Gasteiger partial charge in [0.25, 0.3) is 0 Å². The first-order chi connectivity index (χ1) is 21.2. The minimum absolute atomic E-state index is 0.453. The van der Waals surface area contributed by atoms with Crippen LogP contribution < -0.4 is 4.74 Å². The van der Waals surface area contributed by atoms with Gasteiger partial charge in [0.05, 0.1) is 0 Å². The fraction of sp³-hybridized carbons (Fsp3) is 0.486. The number of para-hydroxylation sites is 1. The number of rotatable bonds is 12. The van der Waals surface area contributed by atoms with Crippen molar-refractivity contribution in [2.24, 2.45) is 5.92 Å². The van der Waals surface area contributed by atoms with E-state index < -0.39 is 0 Å². The van der Waals surface area contributed by atoms with Gasteiger partial charge in [-0.15, -0.1) is 12.8 Å². The Bertz CT molecular complexity index is 1340. The molecule has 2 heterocycles. The van der Waals surface area contributed by atoms with Crippen molar-refractivity contribution in [1.29, 1.82) is 0 Å². The molecule has 2 saturated carbocycles. The zero-order valence-electron chi connectivity index (χ0n) is 25.7. The number of aromatic nitrogens is 2. The molecule has 1 atom stereocenters. The normalized spacial score (nSPS) is 18.7. The first kappa shape index (κ1) is 29.6. The van der Waals surface area contributed by atoms with Crippen LogP contribution in [0.3, 0.4) is 0 Å². The van der Waals surface area contributed by atoms with Crippen LogP contribution in [0.2, 0.25) is 0 Å². The van der Waals surface area contributed by atoms with E-state index in [1.807, 2.05) is 42.6 Å². The number of ether oxygens (including phenoxy) is 1. The average Bonchev–Trinajstić information content (AvgIpc) is 3.52. The first-order valence-corrected chi connectivity index (χ1v) is 16.5. The predicted octanol–water partition coefficient (Wildman–Crippen LogP) is 9.33. The van der Waals surface area contributed by atoms with E-state index in [2.05, 4.69) is 52.6 Å². The molecule has 6 nitrogen and oxygen atoms in total. The Morgan fingerprint density at radius 3 is 2.49 bits per heavy atom. The minimum Gasteiger partial charge on any atom is -0.461 e. The lowest BCUT2D eigenvalue weighted by Crippen LogP contribution is -2.42. The summed E-state index contributed by atoms with van der Waals surface area (Å²) in [6.07, 6.45) is 22.6. The highest BCUT2D eigenvalue weighted by Gasteiger charge is 2.28. The Morgan fingerprint density at radius 2 is 1.74 bits per heavy atom. The standard InChI is InChI=1S/C37H47N5O/c1-3-41-27-30(25-38-41)26-40(33-16-9-5-10-17-33)23-13-20-37(31-14-7-4-8-15-31)42-28-32-24-35(21-22-36(32)39-29(42)2)43-34-18-11-6-12-19-34/h6,11-12,18-19,21-22,24-25,27,31,33,37H,1-2,4-5,7-10,13-17,20,23,26,28H2/q-2. The summed E-state index contributed by atoms with van der Waals surface area (Å²) in [6, 6.07) is 17.4. The van der Waals surface area contributed by atoms with Crippen LogP contribution in [-0.2, 0) is 13.1 Å². The molecule has 1 aromatic heterocycles. The summed E-state index contributed by atoms with van der Waals surface area (Å²) in [4.78, 5) is 5.26. The van der Waals surface area contributed by atoms with Crippen molar-refractivity contribution in [3.8, 4) is 11.5 Å². The third-order valence-corrected chi connectivity index (χ3v) is 9.77. The Labute approximate surface area is 258 Å². The summed E-state index contributed by atoms with van der Waals surface area (Å²) in [5.74, 6) is 3.32. The summed E-state index contributed by atoms with van der Waals surface area (Å²) in [5.41, 5.74) is 3.49. The van der Waals surface area contributed by atoms with E-state index in [0.29, 0.717) is 18.0 Å². The Balaban J connectivity index is 1.16. The topological polar surface area (TPSA) is 47.6 Å². The molecule has 0 amide bonds.